The van der Waals surface area contributed by atoms with Crippen LogP contribution in [0.2, 0.25) is 0 Å². The minimum atomic E-state index is -0.314. The standard InChI is InChI=1S/C8H10BrN3O/c1-3-5(7(10)11)8(13)12-4(2)6(3)9/h1-2H3,(H3,10,11)(H,12,13). The highest BCUT2D eigenvalue weighted by atomic mass is 79.9. The van der Waals surface area contributed by atoms with Crippen LogP contribution in [0.1, 0.15) is 16.8 Å². The van der Waals surface area contributed by atoms with Crippen LogP contribution in [0.4, 0.5) is 0 Å². The van der Waals surface area contributed by atoms with Crippen LogP contribution in [-0.2, 0) is 0 Å². The zero-order valence-corrected chi connectivity index (χ0v) is 8.95. The maximum Gasteiger partial charge on any atom is 0.259 e. The zero-order chi connectivity index (χ0) is 10.2. The number of aryl methyl sites for hydroxylation is 1. The van der Waals surface area contributed by atoms with Crippen molar-refractivity contribution in [3.63, 3.8) is 0 Å². The Morgan fingerprint density at radius 2 is 2.08 bits per heavy atom. The summed E-state index contributed by atoms with van der Waals surface area (Å²) < 4.78 is 0.789. The first-order valence-electron chi connectivity index (χ1n) is 3.68. The van der Waals surface area contributed by atoms with E-state index in [9.17, 15) is 4.79 Å². The number of amidine groups is 1. The first kappa shape index (κ1) is 9.98. The van der Waals surface area contributed by atoms with Crippen LogP contribution < -0.4 is 11.3 Å². The van der Waals surface area contributed by atoms with E-state index in [-0.39, 0.29) is 17.0 Å². The van der Waals surface area contributed by atoms with Crippen molar-refractivity contribution in [1.82, 2.24) is 4.98 Å². The van der Waals surface area contributed by atoms with Crippen LogP contribution in [0.25, 0.3) is 0 Å². The average Bonchev–Trinajstić information content (AvgIpc) is 1.99. The number of aromatic nitrogens is 1. The number of rotatable bonds is 1. The fraction of sp³-hybridized carbons (Fsp3) is 0.250. The van der Waals surface area contributed by atoms with Crippen LogP contribution in [-0.4, -0.2) is 10.8 Å². The monoisotopic (exact) mass is 243 g/mol. The summed E-state index contributed by atoms with van der Waals surface area (Å²) in [6.07, 6.45) is 0. The summed E-state index contributed by atoms with van der Waals surface area (Å²) in [5.74, 6) is -0.209. The summed E-state index contributed by atoms with van der Waals surface area (Å²) in [4.78, 5) is 14.0. The Bertz CT molecular complexity index is 422. The lowest BCUT2D eigenvalue weighted by Gasteiger charge is -2.06. The van der Waals surface area contributed by atoms with E-state index in [1.165, 1.54) is 0 Å². The van der Waals surface area contributed by atoms with Gasteiger partial charge < -0.3 is 10.7 Å². The molecule has 0 radical (unpaired) electrons. The van der Waals surface area contributed by atoms with E-state index in [1.54, 1.807) is 13.8 Å². The summed E-state index contributed by atoms with van der Waals surface area (Å²) in [6.45, 7) is 3.53. The predicted molar refractivity (Wildman–Crippen MR) is 55.3 cm³/mol. The van der Waals surface area contributed by atoms with E-state index >= 15 is 0 Å². The van der Waals surface area contributed by atoms with Crippen molar-refractivity contribution in [3.05, 3.63) is 31.6 Å². The molecule has 0 bridgehead atoms. The van der Waals surface area contributed by atoms with Crippen molar-refractivity contribution in [2.75, 3.05) is 0 Å². The maximum absolute atomic E-state index is 11.4. The molecule has 5 heteroatoms. The van der Waals surface area contributed by atoms with E-state index in [0.717, 1.165) is 10.2 Å². The van der Waals surface area contributed by atoms with Gasteiger partial charge in [-0.3, -0.25) is 10.2 Å². The van der Waals surface area contributed by atoms with E-state index in [4.69, 9.17) is 11.1 Å². The molecular weight excluding hydrogens is 234 g/mol. The minimum Gasteiger partial charge on any atom is -0.384 e. The number of pyridine rings is 1. The van der Waals surface area contributed by atoms with Crippen LogP contribution in [0.5, 0.6) is 0 Å². The second kappa shape index (κ2) is 3.33. The summed E-state index contributed by atoms with van der Waals surface area (Å²) in [7, 11) is 0. The molecule has 1 heterocycles. The first-order chi connectivity index (χ1) is 5.95. The summed E-state index contributed by atoms with van der Waals surface area (Å²) in [5.41, 5.74) is 6.64. The summed E-state index contributed by atoms with van der Waals surface area (Å²) >= 11 is 3.31. The highest BCUT2D eigenvalue weighted by molar-refractivity contribution is 9.10. The zero-order valence-electron chi connectivity index (χ0n) is 7.36. The first-order valence-corrected chi connectivity index (χ1v) is 4.47. The Kier molecular flexibility index (Phi) is 2.56. The van der Waals surface area contributed by atoms with Crippen LogP contribution >= 0.6 is 15.9 Å². The van der Waals surface area contributed by atoms with E-state index in [0.29, 0.717) is 5.56 Å². The van der Waals surface area contributed by atoms with Gasteiger partial charge in [-0.1, -0.05) is 0 Å². The van der Waals surface area contributed by atoms with Gasteiger partial charge in [0.1, 0.15) is 5.84 Å². The highest BCUT2D eigenvalue weighted by Gasteiger charge is 2.11. The number of H-pyrrole nitrogens is 1. The molecule has 0 saturated carbocycles. The second-order valence-electron chi connectivity index (χ2n) is 2.81. The van der Waals surface area contributed by atoms with Gasteiger partial charge in [-0.15, -0.1) is 0 Å². The van der Waals surface area contributed by atoms with E-state index < -0.39 is 0 Å². The molecule has 4 N–H and O–H groups in total. The molecule has 1 aromatic rings. The molecule has 70 valence electrons. The van der Waals surface area contributed by atoms with Crippen LogP contribution in [0, 0.1) is 19.3 Å². The number of nitrogen functional groups attached to an aromatic ring is 1. The number of hydrogen-bond donors (Lipinski definition) is 3. The van der Waals surface area contributed by atoms with Gasteiger partial charge in [0, 0.05) is 10.2 Å². The Morgan fingerprint density at radius 1 is 1.54 bits per heavy atom. The average molecular weight is 244 g/mol. The summed E-state index contributed by atoms with van der Waals surface area (Å²) in [5, 5.41) is 7.22. The molecular formula is C8H10BrN3O. The Labute approximate surface area is 83.8 Å². The molecule has 1 aromatic heterocycles. The fourth-order valence-corrected chi connectivity index (χ4v) is 1.47. The van der Waals surface area contributed by atoms with Crippen LogP contribution in [0.3, 0.4) is 0 Å². The largest absolute Gasteiger partial charge is 0.384 e. The molecule has 1 rings (SSSR count). The van der Waals surface area contributed by atoms with Gasteiger partial charge in [-0.05, 0) is 35.3 Å². The van der Waals surface area contributed by atoms with Gasteiger partial charge in [0.15, 0.2) is 0 Å². The molecule has 0 aromatic carbocycles. The number of hydrogen-bond acceptors (Lipinski definition) is 2. The maximum atomic E-state index is 11.4. The van der Waals surface area contributed by atoms with Gasteiger partial charge in [-0.2, -0.15) is 0 Å². The van der Waals surface area contributed by atoms with E-state index in [2.05, 4.69) is 20.9 Å². The van der Waals surface area contributed by atoms with Gasteiger partial charge in [0.2, 0.25) is 0 Å². The molecule has 0 aliphatic carbocycles. The molecule has 4 nitrogen and oxygen atoms in total. The Morgan fingerprint density at radius 3 is 2.54 bits per heavy atom. The third-order valence-electron chi connectivity index (χ3n) is 1.83. The van der Waals surface area contributed by atoms with Crippen molar-refractivity contribution < 1.29 is 0 Å². The lowest BCUT2D eigenvalue weighted by molar-refractivity contribution is 1.09. The Balaban J connectivity index is 3.63. The predicted octanol–water partition coefficient (Wildman–Crippen LogP) is 1.04. The van der Waals surface area contributed by atoms with Crippen molar-refractivity contribution >= 4 is 21.8 Å². The van der Waals surface area contributed by atoms with Crippen molar-refractivity contribution in [2.45, 2.75) is 13.8 Å². The number of halogens is 1. The fourth-order valence-electron chi connectivity index (χ4n) is 1.17. The lowest BCUT2D eigenvalue weighted by atomic mass is 10.1. The van der Waals surface area contributed by atoms with Crippen molar-refractivity contribution in [2.24, 2.45) is 5.73 Å². The highest BCUT2D eigenvalue weighted by Crippen LogP contribution is 2.19. The summed E-state index contributed by atoms with van der Waals surface area (Å²) in [6, 6.07) is 0. The topological polar surface area (TPSA) is 82.7 Å². The number of nitrogens with two attached hydrogens (primary N) is 1. The molecule has 0 atom stereocenters. The third-order valence-corrected chi connectivity index (χ3v) is 3.02. The normalized spacial score (nSPS) is 10.1. The molecule has 0 fully saturated rings. The molecule has 0 unspecified atom stereocenters. The van der Waals surface area contributed by atoms with E-state index in [1.807, 2.05) is 0 Å². The molecule has 0 spiro atoms. The van der Waals surface area contributed by atoms with Gasteiger partial charge in [0.25, 0.3) is 5.56 Å². The minimum absolute atomic E-state index is 0.209. The molecule has 0 aliphatic rings. The van der Waals surface area contributed by atoms with Crippen LogP contribution in [0.15, 0.2) is 9.27 Å². The second-order valence-corrected chi connectivity index (χ2v) is 3.60. The molecule has 0 amide bonds. The lowest BCUT2D eigenvalue weighted by Crippen LogP contribution is -2.26. The van der Waals surface area contributed by atoms with Gasteiger partial charge in [0.05, 0.1) is 5.56 Å². The molecule has 13 heavy (non-hydrogen) atoms. The smallest absolute Gasteiger partial charge is 0.259 e. The van der Waals surface area contributed by atoms with Crippen molar-refractivity contribution in [1.29, 1.82) is 5.41 Å². The molecule has 0 saturated heterocycles. The molecule has 0 aliphatic heterocycles. The number of aromatic amines is 1. The number of nitrogens with one attached hydrogen (secondary N) is 2. The third kappa shape index (κ3) is 1.65. The SMILES string of the molecule is Cc1[nH]c(=O)c(C(=N)N)c(C)c1Br. The van der Waals surface area contributed by atoms with Crippen molar-refractivity contribution in [3.8, 4) is 0 Å². The quantitative estimate of drug-likeness (QED) is 0.509. The van der Waals surface area contributed by atoms with Gasteiger partial charge >= 0.3 is 0 Å². The Hall–Kier alpha value is -1.10. The van der Waals surface area contributed by atoms with Gasteiger partial charge in [-0.25, -0.2) is 0 Å².